The molecule has 0 saturated heterocycles. The smallest absolute Gasteiger partial charge is 0.341 e. The lowest BCUT2D eigenvalue weighted by Crippen LogP contribution is -2.19. The van der Waals surface area contributed by atoms with Gasteiger partial charge in [-0.3, -0.25) is 4.79 Å². The normalized spacial score (nSPS) is 14.2. The number of methoxy groups -OCH3 is 1. The fourth-order valence-corrected chi connectivity index (χ4v) is 3.35. The van der Waals surface area contributed by atoms with Crippen LogP contribution in [-0.4, -0.2) is 55.2 Å². The third-order valence-corrected chi connectivity index (χ3v) is 5.15. The lowest BCUT2D eigenvalue weighted by Gasteiger charge is -2.16. The van der Waals surface area contributed by atoms with Crippen molar-refractivity contribution in [3.63, 3.8) is 0 Å². The van der Waals surface area contributed by atoms with Gasteiger partial charge in [-0.25, -0.2) is 4.79 Å². The Morgan fingerprint density at radius 1 is 1.35 bits per heavy atom. The third kappa shape index (κ3) is 5.34. The molecule has 166 valence electrons. The lowest BCUT2D eigenvalue weighted by atomic mass is 10.1. The number of benzene rings is 1. The fraction of sp³-hybridized carbons (Fsp3) is 0.500. The highest BCUT2D eigenvalue weighted by atomic mass is 16.5. The van der Waals surface area contributed by atoms with Crippen molar-refractivity contribution in [1.82, 2.24) is 4.57 Å². The van der Waals surface area contributed by atoms with E-state index < -0.39 is 17.5 Å². The van der Waals surface area contributed by atoms with Crippen LogP contribution >= 0.6 is 0 Å². The topological polar surface area (TPSA) is 123 Å². The average molecular weight is 429 g/mol. The summed E-state index contributed by atoms with van der Waals surface area (Å²) in [5, 5.41) is 21.8. The summed E-state index contributed by atoms with van der Waals surface area (Å²) in [6, 6.07) is 5.68. The molecule has 2 aromatic rings. The number of aromatic nitrogens is 1. The Kier molecular flexibility index (Phi) is 7.50. The molecule has 1 atom stereocenters. The van der Waals surface area contributed by atoms with Crippen molar-refractivity contribution in [2.75, 3.05) is 38.8 Å². The van der Waals surface area contributed by atoms with Crippen LogP contribution in [0, 0.1) is 11.3 Å². The van der Waals surface area contributed by atoms with Crippen LogP contribution in [-0.2, 0) is 9.47 Å². The predicted molar refractivity (Wildman–Crippen MR) is 115 cm³/mol. The fourth-order valence-electron chi connectivity index (χ4n) is 3.35. The van der Waals surface area contributed by atoms with Crippen LogP contribution < -0.4 is 15.5 Å². The summed E-state index contributed by atoms with van der Waals surface area (Å²) in [5.41, 5.74) is 0.506. The maximum atomic E-state index is 12.7. The number of nitriles is 1. The van der Waals surface area contributed by atoms with Crippen LogP contribution in [0.15, 0.2) is 23.1 Å². The van der Waals surface area contributed by atoms with Gasteiger partial charge in [0.25, 0.3) is 0 Å². The van der Waals surface area contributed by atoms with E-state index >= 15 is 0 Å². The van der Waals surface area contributed by atoms with Crippen molar-refractivity contribution in [3.8, 4) is 11.8 Å². The first-order chi connectivity index (χ1) is 15.0. The number of nitrogens with zero attached hydrogens (tertiary/aromatic N) is 2. The van der Waals surface area contributed by atoms with Crippen molar-refractivity contribution in [1.29, 1.82) is 5.26 Å². The van der Waals surface area contributed by atoms with Gasteiger partial charge in [-0.2, -0.15) is 5.26 Å². The van der Waals surface area contributed by atoms with E-state index in [9.17, 15) is 14.7 Å². The molecule has 1 aromatic heterocycles. The molecule has 0 bridgehead atoms. The van der Waals surface area contributed by atoms with Gasteiger partial charge < -0.3 is 29.2 Å². The molecule has 9 heteroatoms. The molecule has 1 fully saturated rings. The summed E-state index contributed by atoms with van der Waals surface area (Å²) in [6.45, 7) is 3.42. The van der Waals surface area contributed by atoms with E-state index in [2.05, 4.69) is 11.4 Å². The molecular formula is C22H27N3O6. The number of hydrogen-bond donors (Lipinski definition) is 2. The number of pyridine rings is 1. The molecule has 0 spiro atoms. The molecule has 1 heterocycles. The monoisotopic (exact) mass is 429 g/mol. The molecule has 2 N–H and O–H groups in total. The number of aromatic carboxylic acids is 1. The second kappa shape index (κ2) is 10.3. The van der Waals surface area contributed by atoms with Crippen molar-refractivity contribution < 1.29 is 24.1 Å². The standard InChI is InChI=1S/C22H27N3O6/c1-3-15(12-23)31-9-8-30-7-6-24-18-10-16-19(11-20(18)29-2)25(14-4-5-14)13-17(21(16)26)22(27)28/h10-11,13-15,24H,3-9H2,1-2H3,(H,27,28). The Hall–Kier alpha value is -3.09. The van der Waals surface area contributed by atoms with Crippen molar-refractivity contribution >= 4 is 22.6 Å². The number of ether oxygens (including phenoxy) is 3. The van der Waals surface area contributed by atoms with Gasteiger partial charge in [0.05, 0.1) is 44.2 Å². The van der Waals surface area contributed by atoms with Gasteiger partial charge in [0.15, 0.2) is 0 Å². The number of anilines is 1. The minimum Gasteiger partial charge on any atom is -0.495 e. The number of hydrogen-bond acceptors (Lipinski definition) is 7. The molecule has 1 aliphatic carbocycles. The van der Waals surface area contributed by atoms with Crippen molar-refractivity contribution in [2.45, 2.75) is 38.3 Å². The van der Waals surface area contributed by atoms with Crippen LogP contribution in [0.5, 0.6) is 5.75 Å². The van der Waals surface area contributed by atoms with E-state index in [-0.39, 0.29) is 11.6 Å². The molecular weight excluding hydrogens is 402 g/mol. The van der Waals surface area contributed by atoms with Crippen molar-refractivity contribution in [3.05, 3.63) is 34.1 Å². The summed E-state index contributed by atoms with van der Waals surface area (Å²) in [5.74, 6) is -0.670. The van der Waals surface area contributed by atoms with Gasteiger partial charge in [-0.15, -0.1) is 0 Å². The Morgan fingerprint density at radius 3 is 2.74 bits per heavy atom. The Balaban J connectivity index is 1.71. The van der Waals surface area contributed by atoms with Crippen LogP contribution in [0.2, 0.25) is 0 Å². The summed E-state index contributed by atoms with van der Waals surface area (Å²) < 4.78 is 18.2. The van der Waals surface area contributed by atoms with Crippen LogP contribution in [0.25, 0.3) is 10.9 Å². The summed E-state index contributed by atoms with van der Waals surface area (Å²) in [4.78, 5) is 24.3. The van der Waals surface area contributed by atoms with E-state index in [4.69, 9.17) is 19.5 Å². The molecule has 1 aliphatic rings. The first kappa shape index (κ1) is 22.6. The molecule has 0 aliphatic heterocycles. The number of rotatable bonds is 12. The molecule has 31 heavy (non-hydrogen) atoms. The molecule has 1 aromatic carbocycles. The highest BCUT2D eigenvalue weighted by molar-refractivity contribution is 5.94. The highest BCUT2D eigenvalue weighted by Gasteiger charge is 2.27. The summed E-state index contributed by atoms with van der Waals surface area (Å²) >= 11 is 0. The van der Waals surface area contributed by atoms with Gasteiger partial charge in [-0.1, -0.05) is 6.92 Å². The zero-order chi connectivity index (χ0) is 22.4. The van der Waals surface area contributed by atoms with Gasteiger partial charge in [0.1, 0.15) is 17.4 Å². The van der Waals surface area contributed by atoms with E-state index in [1.807, 2.05) is 11.5 Å². The predicted octanol–water partition coefficient (Wildman–Crippen LogP) is 2.79. The number of fused-ring (bicyclic) bond motifs is 1. The zero-order valence-corrected chi connectivity index (χ0v) is 17.7. The highest BCUT2D eigenvalue weighted by Crippen LogP contribution is 2.39. The van der Waals surface area contributed by atoms with Gasteiger partial charge >= 0.3 is 5.97 Å². The minimum atomic E-state index is -1.23. The van der Waals surface area contributed by atoms with Crippen LogP contribution in [0.3, 0.4) is 0 Å². The van der Waals surface area contributed by atoms with Crippen molar-refractivity contribution in [2.24, 2.45) is 0 Å². The summed E-state index contributed by atoms with van der Waals surface area (Å²) in [7, 11) is 1.55. The third-order valence-electron chi connectivity index (χ3n) is 5.15. The second-order valence-electron chi connectivity index (χ2n) is 7.32. The molecule has 0 radical (unpaired) electrons. The second-order valence-corrected chi connectivity index (χ2v) is 7.32. The molecule has 3 rings (SSSR count). The Bertz CT molecular complexity index is 1040. The van der Waals surface area contributed by atoms with E-state index in [1.165, 1.54) is 6.20 Å². The molecule has 1 saturated carbocycles. The Morgan fingerprint density at radius 2 is 2.13 bits per heavy atom. The van der Waals surface area contributed by atoms with E-state index in [1.54, 1.807) is 19.2 Å². The van der Waals surface area contributed by atoms with Crippen LogP contribution in [0.1, 0.15) is 42.6 Å². The number of carbonyl (C=O) groups is 1. The maximum Gasteiger partial charge on any atom is 0.341 e. The molecule has 1 unspecified atom stereocenters. The Labute approximate surface area is 180 Å². The van der Waals surface area contributed by atoms with E-state index in [0.29, 0.717) is 55.1 Å². The van der Waals surface area contributed by atoms with Gasteiger partial charge in [-0.05, 0) is 25.3 Å². The largest absolute Gasteiger partial charge is 0.495 e. The number of carboxylic acid groups (broad SMARTS) is 1. The van der Waals surface area contributed by atoms with Crippen LogP contribution in [0.4, 0.5) is 5.69 Å². The molecule has 9 nitrogen and oxygen atoms in total. The minimum absolute atomic E-state index is 0.202. The average Bonchev–Trinajstić information content (AvgIpc) is 3.60. The SMILES string of the molecule is CCC(C#N)OCCOCCNc1cc2c(=O)c(C(=O)O)cn(C3CC3)c2cc1OC. The molecule has 0 amide bonds. The van der Waals surface area contributed by atoms with Gasteiger partial charge in [0.2, 0.25) is 5.43 Å². The van der Waals surface area contributed by atoms with Gasteiger partial charge in [0, 0.05) is 30.2 Å². The quantitative estimate of drug-likeness (QED) is 0.494. The first-order valence-electron chi connectivity index (χ1n) is 10.3. The maximum absolute atomic E-state index is 12.7. The first-order valence-corrected chi connectivity index (χ1v) is 10.3. The lowest BCUT2D eigenvalue weighted by molar-refractivity contribution is 0.0276. The zero-order valence-electron chi connectivity index (χ0n) is 17.7. The number of carboxylic acids is 1. The summed E-state index contributed by atoms with van der Waals surface area (Å²) in [6.07, 6.45) is 3.55. The number of nitrogens with one attached hydrogen (secondary N) is 1. The van der Waals surface area contributed by atoms with E-state index in [0.717, 1.165) is 12.8 Å².